The maximum atomic E-state index is 12.2. The van der Waals surface area contributed by atoms with Gasteiger partial charge in [0.25, 0.3) is 0 Å². The molecule has 1 unspecified atom stereocenters. The van der Waals surface area contributed by atoms with Crippen LogP contribution in [-0.2, 0) is 4.79 Å². The van der Waals surface area contributed by atoms with Gasteiger partial charge >= 0.3 is 0 Å². The fourth-order valence-corrected chi connectivity index (χ4v) is 3.68. The predicted octanol–water partition coefficient (Wildman–Crippen LogP) is 3.73. The van der Waals surface area contributed by atoms with Crippen molar-refractivity contribution in [2.45, 2.75) is 56.6 Å². The molecular formula is C13H20OS. The van der Waals surface area contributed by atoms with Gasteiger partial charge in [-0.1, -0.05) is 18.9 Å². The van der Waals surface area contributed by atoms with E-state index >= 15 is 0 Å². The maximum absolute atomic E-state index is 12.2. The van der Waals surface area contributed by atoms with Crippen molar-refractivity contribution in [3.8, 4) is 0 Å². The third-order valence-corrected chi connectivity index (χ3v) is 4.71. The van der Waals surface area contributed by atoms with Crippen LogP contribution in [0, 0.1) is 0 Å². The highest BCUT2D eigenvalue weighted by molar-refractivity contribution is 8.00. The normalized spacial score (nSPS) is 28.0. The Hall–Kier alpha value is -0.240. The molecule has 0 saturated carbocycles. The molecule has 1 atom stereocenters. The standard InChI is InChI=1S/C13H20OS/c14-13(12-9-5-6-10-15-12)11-7-3-1-2-4-8-11/h7,12H,1-6,8-10H2. The Morgan fingerprint density at radius 1 is 1.20 bits per heavy atom. The lowest BCUT2D eigenvalue weighted by atomic mass is 10.0. The Kier molecular flexibility index (Phi) is 4.30. The molecule has 0 bridgehead atoms. The predicted molar refractivity (Wildman–Crippen MR) is 66.3 cm³/mol. The minimum absolute atomic E-state index is 0.295. The van der Waals surface area contributed by atoms with Crippen molar-refractivity contribution in [3.63, 3.8) is 0 Å². The van der Waals surface area contributed by atoms with E-state index in [0.29, 0.717) is 11.0 Å². The van der Waals surface area contributed by atoms with Crippen LogP contribution in [0.3, 0.4) is 0 Å². The summed E-state index contributed by atoms with van der Waals surface area (Å²) in [6.45, 7) is 0. The fourth-order valence-electron chi connectivity index (χ4n) is 2.39. The molecule has 0 aromatic rings. The molecule has 1 fully saturated rings. The van der Waals surface area contributed by atoms with Gasteiger partial charge < -0.3 is 0 Å². The van der Waals surface area contributed by atoms with E-state index in [9.17, 15) is 4.79 Å². The summed E-state index contributed by atoms with van der Waals surface area (Å²) in [5, 5.41) is 0.295. The lowest BCUT2D eigenvalue weighted by molar-refractivity contribution is -0.115. The zero-order valence-electron chi connectivity index (χ0n) is 9.34. The minimum atomic E-state index is 0.295. The number of rotatable bonds is 2. The zero-order chi connectivity index (χ0) is 10.5. The lowest BCUT2D eigenvalue weighted by Gasteiger charge is -2.21. The molecule has 1 aliphatic heterocycles. The maximum Gasteiger partial charge on any atom is 0.171 e. The quantitative estimate of drug-likeness (QED) is 0.711. The van der Waals surface area contributed by atoms with Crippen LogP contribution in [0.2, 0.25) is 0 Å². The molecule has 0 spiro atoms. The number of carbonyl (C=O) groups is 1. The second kappa shape index (κ2) is 5.74. The smallest absolute Gasteiger partial charge is 0.171 e. The van der Waals surface area contributed by atoms with E-state index < -0.39 is 0 Å². The van der Waals surface area contributed by atoms with E-state index in [4.69, 9.17) is 0 Å². The summed E-state index contributed by atoms with van der Waals surface area (Å²) in [6, 6.07) is 0. The van der Waals surface area contributed by atoms with Crippen molar-refractivity contribution in [2.24, 2.45) is 0 Å². The SMILES string of the molecule is O=C(C1=CCCCCC1)C1CCCCS1. The molecule has 0 amide bonds. The van der Waals surface area contributed by atoms with E-state index in [1.165, 1.54) is 37.9 Å². The first-order valence-corrected chi connectivity index (χ1v) is 7.27. The van der Waals surface area contributed by atoms with E-state index in [0.717, 1.165) is 24.8 Å². The van der Waals surface area contributed by atoms with Gasteiger partial charge in [-0.05, 0) is 49.9 Å². The van der Waals surface area contributed by atoms with Crippen molar-refractivity contribution in [1.29, 1.82) is 0 Å². The van der Waals surface area contributed by atoms with Gasteiger partial charge in [0.2, 0.25) is 0 Å². The number of hydrogen-bond acceptors (Lipinski definition) is 2. The van der Waals surface area contributed by atoms with Crippen LogP contribution in [0.1, 0.15) is 51.4 Å². The van der Waals surface area contributed by atoms with Crippen LogP contribution >= 0.6 is 11.8 Å². The number of ketones is 1. The van der Waals surface area contributed by atoms with Gasteiger partial charge in [-0.3, -0.25) is 4.79 Å². The Balaban J connectivity index is 1.95. The van der Waals surface area contributed by atoms with Crippen molar-refractivity contribution >= 4 is 17.5 Å². The van der Waals surface area contributed by atoms with Crippen LogP contribution < -0.4 is 0 Å². The molecule has 1 nitrogen and oxygen atoms in total. The van der Waals surface area contributed by atoms with Crippen LogP contribution in [0.25, 0.3) is 0 Å². The number of thioether (sulfide) groups is 1. The first kappa shape index (κ1) is 11.3. The van der Waals surface area contributed by atoms with Crippen LogP contribution in [0.15, 0.2) is 11.6 Å². The Morgan fingerprint density at radius 2 is 2.13 bits per heavy atom. The zero-order valence-corrected chi connectivity index (χ0v) is 10.2. The Labute approximate surface area is 96.7 Å². The first-order valence-electron chi connectivity index (χ1n) is 6.23. The van der Waals surface area contributed by atoms with Crippen molar-refractivity contribution < 1.29 is 4.79 Å². The number of carbonyl (C=O) groups excluding carboxylic acids is 1. The minimum Gasteiger partial charge on any atom is -0.293 e. The van der Waals surface area contributed by atoms with Crippen LogP contribution in [-0.4, -0.2) is 16.8 Å². The monoisotopic (exact) mass is 224 g/mol. The van der Waals surface area contributed by atoms with E-state index in [2.05, 4.69) is 6.08 Å². The van der Waals surface area contributed by atoms with Gasteiger partial charge in [-0.2, -0.15) is 11.8 Å². The summed E-state index contributed by atoms with van der Waals surface area (Å²) < 4.78 is 0. The molecule has 0 aromatic carbocycles. The van der Waals surface area contributed by atoms with Gasteiger partial charge in [0.05, 0.1) is 5.25 Å². The van der Waals surface area contributed by atoms with Gasteiger partial charge in [-0.15, -0.1) is 0 Å². The molecule has 15 heavy (non-hydrogen) atoms. The fraction of sp³-hybridized carbons (Fsp3) is 0.769. The lowest BCUT2D eigenvalue weighted by Crippen LogP contribution is -2.22. The molecule has 1 heterocycles. The molecule has 0 N–H and O–H groups in total. The molecule has 2 aliphatic rings. The van der Waals surface area contributed by atoms with E-state index in [1.807, 2.05) is 11.8 Å². The highest BCUT2D eigenvalue weighted by atomic mass is 32.2. The summed E-state index contributed by atoms with van der Waals surface area (Å²) >= 11 is 1.88. The topological polar surface area (TPSA) is 17.1 Å². The van der Waals surface area contributed by atoms with Gasteiger partial charge in [0.1, 0.15) is 0 Å². The number of hydrogen-bond donors (Lipinski definition) is 0. The third kappa shape index (κ3) is 3.10. The average molecular weight is 224 g/mol. The first-order chi connectivity index (χ1) is 7.38. The summed E-state index contributed by atoms with van der Waals surface area (Å²) in [5.41, 5.74) is 1.15. The van der Waals surface area contributed by atoms with Crippen LogP contribution in [0.4, 0.5) is 0 Å². The largest absolute Gasteiger partial charge is 0.293 e. The van der Waals surface area contributed by atoms with E-state index in [-0.39, 0.29) is 0 Å². The van der Waals surface area contributed by atoms with Gasteiger partial charge in [0.15, 0.2) is 5.78 Å². The summed E-state index contributed by atoms with van der Waals surface area (Å²) in [6.07, 6.45) is 11.8. The van der Waals surface area contributed by atoms with Crippen molar-refractivity contribution in [3.05, 3.63) is 11.6 Å². The van der Waals surface area contributed by atoms with Crippen molar-refractivity contribution in [1.82, 2.24) is 0 Å². The van der Waals surface area contributed by atoms with Crippen molar-refractivity contribution in [2.75, 3.05) is 5.75 Å². The highest BCUT2D eigenvalue weighted by Gasteiger charge is 2.24. The second-order valence-corrected chi connectivity index (χ2v) is 5.86. The summed E-state index contributed by atoms with van der Waals surface area (Å²) in [4.78, 5) is 12.2. The Bertz CT molecular complexity index is 251. The molecule has 0 aromatic heterocycles. The van der Waals surface area contributed by atoms with Gasteiger partial charge in [-0.25, -0.2) is 0 Å². The molecule has 84 valence electrons. The summed E-state index contributed by atoms with van der Waals surface area (Å²) in [7, 11) is 0. The molecule has 1 aliphatic carbocycles. The average Bonchev–Trinajstić information content (AvgIpc) is 2.58. The number of Topliss-reactive ketones (excluding diaryl/α,β-unsaturated/α-hetero) is 1. The summed E-state index contributed by atoms with van der Waals surface area (Å²) in [5.74, 6) is 1.64. The molecule has 1 saturated heterocycles. The third-order valence-electron chi connectivity index (χ3n) is 3.33. The highest BCUT2D eigenvalue weighted by Crippen LogP contribution is 2.30. The second-order valence-electron chi connectivity index (χ2n) is 4.55. The molecule has 2 heteroatoms. The molecule has 0 radical (unpaired) electrons. The Morgan fingerprint density at radius 3 is 2.93 bits per heavy atom. The van der Waals surface area contributed by atoms with Gasteiger partial charge in [0, 0.05) is 0 Å². The molecular weight excluding hydrogens is 204 g/mol. The van der Waals surface area contributed by atoms with E-state index in [1.54, 1.807) is 0 Å². The number of allylic oxidation sites excluding steroid dienone is 2. The van der Waals surface area contributed by atoms with Crippen LogP contribution in [0.5, 0.6) is 0 Å². The molecule has 2 rings (SSSR count).